The maximum atomic E-state index is 8.89. The Hall–Kier alpha value is -0.0800. The van der Waals surface area contributed by atoms with Crippen LogP contribution in [0.25, 0.3) is 0 Å². The van der Waals surface area contributed by atoms with Gasteiger partial charge in [-0.3, -0.25) is 0 Å². The van der Waals surface area contributed by atoms with Crippen LogP contribution in [0.2, 0.25) is 0 Å². The molecular weight excluding hydrogens is 198 g/mol. The summed E-state index contributed by atoms with van der Waals surface area (Å²) in [5.41, 5.74) is 0. The summed E-state index contributed by atoms with van der Waals surface area (Å²) in [6.45, 7) is 9.26. The van der Waals surface area contributed by atoms with Crippen molar-refractivity contribution in [3.05, 3.63) is 0 Å². The molecule has 2 heteroatoms. The molecule has 0 aliphatic rings. The zero-order chi connectivity index (χ0) is 12.2. The maximum absolute atomic E-state index is 8.89. The van der Waals surface area contributed by atoms with Crippen LogP contribution in [0.4, 0.5) is 0 Å². The van der Waals surface area contributed by atoms with Gasteiger partial charge in [-0.1, -0.05) is 40.0 Å². The van der Waals surface area contributed by atoms with Crippen molar-refractivity contribution in [2.24, 2.45) is 11.8 Å². The van der Waals surface area contributed by atoms with E-state index in [0.717, 1.165) is 18.9 Å². The summed E-state index contributed by atoms with van der Waals surface area (Å²) < 4.78 is 0. The van der Waals surface area contributed by atoms with E-state index in [0.29, 0.717) is 12.5 Å². The van der Waals surface area contributed by atoms with Crippen molar-refractivity contribution in [3.63, 3.8) is 0 Å². The molecule has 0 aliphatic heterocycles. The molecule has 16 heavy (non-hydrogen) atoms. The molecule has 0 aromatic heterocycles. The van der Waals surface area contributed by atoms with Gasteiger partial charge in [0.15, 0.2) is 0 Å². The molecular formula is C14H31NO. The summed E-state index contributed by atoms with van der Waals surface area (Å²) in [5.74, 6) is 1.32. The van der Waals surface area contributed by atoms with Gasteiger partial charge in [0.1, 0.15) is 0 Å². The monoisotopic (exact) mass is 229 g/mol. The van der Waals surface area contributed by atoms with Crippen molar-refractivity contribution < 1.29 is 5.11 Å². The summed E-state index contributed by atoms with van der Waals surface area (Å²) in [4.78, 5) is 0. The number of hydrogen-bond donors (Lipinski definition) is 2. The molecule has 2 nitrogen and oxygen atoms in total. The highest BCUT2D eigenvalue weighted by molar-refractivity contribution is 4.61. The molecule has 2 unspecified atom stereocenters. The van der Waals surface area contributed by atoms with Crippen molar-refractivity contribution in [2.75, 3.05) is 19.7 Å². The minimum Gasteiger partial charge on any atom is -0.396 e. The van der Waals surface area contributed by atoms with E-state index in [2.05, 4.69) is 26.1 Å². The third kappa shape index (κ3) is 9.17. The van der Waals surface area contributed by atoms with Gasteiger partial charge < -0.3 is 10.4 Å². The van der Waals surface area contributed by atoms with Crippen LogP contribution in [0.3, 0.4) is 0 Å². The Morgan fingerprint density at radius 3 is 2.44 bits per heavy atom. The summed E-state index contributed by atoms with van der Waals surface area (Å²) in [6.07, 6.45) is 7.65. The third-order valence-corrected chi connectivity index (χ3v) is 3.34. The molecule has 0 aromatic carbocycles. The number of hydrogen-bond acceptors (Lipinski definition) is 2. The summed E-state index contributed by atoms with van der Waals surface area (Å²) >= 11 is 0. The van der Waals surface area contributed by atoms with Crippen LogP contribution >= 0.6 is 0 Å². The minimum absolute atomic E-state index is 0.327. The first-order valence-electron chi connectivity index (χ1n) is 7.06. The normalized spacial score (nSPS) is 15.0. The van der Waals surface area contributed by atoms with E-state index in [1.54, 1.807) is 0 Å². The standard InChI is InChI=1S/C14H31NO/c1-4-6-9-14(5-2)11-15-10-7-8-13(3)12-16/h13-16H,4-12H2,1-3H3. The second kappa shape index (κ2) is 11.4. The molecule has 0 heterocycles. The van der Waals surface area contributed by atoms with Gasteiger partial charge in [0, 0.05) is 6.61 Å². The van der Waals surface area contributed by atoms with Gasteiger partial charge in [-0.15, -0.1) is 0 Å². The highest BCUT2D eigenvalue weighted by Gasteiger charge is 2.05. The smallest absolute Gasteiger partial charge is 0.0456 e. The van der Waals surface area contributed by atoms with Crippen molar-refractivity contribution in [1.29, 1.82) is 0 Å². The predicted molar refractivity (Wildman–Crippen MR) is 71.7 cm³/mol. The molecule has 0 aliphatic carbocycles. The molecule has 0 spiro atoms. The first kappa shape index (κ1) is 15.9. The molecule has 0 fully saturated rings. The lowest BCUT2D eigenvalue weighted by Crippen LogP contribution is -2.24. The lowest BCUT2D eigenvalue weighted by molar-refractivity contribution is 0.227. The fourth-order valence-electron chi connectivity index (χ4n) is 1.92. The van der Waals surface area contributed by atoms with E-state index in [1.165, 1.54) is 38.6 Å². The molecule has 2 atom stereocenters. The van der Waals surface area contributed by atoms with Gasteiger partial charge in [0.05, 0.1) is 0 Å². The van der Waals surface area contributed by atoms with Crippen molar-refractivity contribution in [1.82, 2.24) is 5.32 Å². The van der Waals surface area contributed by atoms with E-state index in [9.17, 15) is 0 Å². The van der Waals surface area contributed by atoms with Gasteiger partial charge >= 0.3 is 0 Å². The van der Waals surface area contributed by atoms with E-state index < -0.39 is 0 Å². The maximum Gasteiger partial charge on any atom is 0.0456 e. The Morgan fingerprint density at radius 2 is 1.88 bits per heavy atom. The first-order valence-corrected chi connectivity index (χ1v) is 7.06. The van der Waals surface area contributed by atoms with Crippen molar-refractivity contribution >= 4 is 0 Å². The number of unbranched alkanes of at least 4 members (excludes halogenated alkanes) is 1. The fraction of sp³-hybridized carbons (Fsp3) is 1.00. The van der Waals surface area contributed by atoms with Gasteiger partial charge in [-0.05, 0) is 44.2 Å². The van der Waals surface area contributed by atoms with Gasteiger partial charge in [0.25, 0.3) is 0 Å². The highest BCUT2D eigenvalue weighted by atomic mass is 16.3. The predicted octanol–water partition coefficient (Wildman–Crippen LogP) is 3.20. The topological polar surface area (TPSA) is 32.3 Å². The molecule has 0 bridgehead atoms. The van der Waals surface area contributed by atoms with E-state index in [4.69, 9.17) is 5.11 Å². The van der Waals surface area contributed by atoms with Crippen LogP contribution in [-0.2, 0) is 0 Å². The molecule has 0 rings (SSSR count). The third-order valence-electron chi connectivity index (χ3n) is 3.34. The Labute approximate surface area is 102 Å². The minimum atomic E-state index is 0.327. The highest BCUT2D eigenvalue weighted by Crippen LogP contribution is 2.11. The quantitative estimate of drug-likeness (QED) is 0.533. The largest absolute Gasteiger partial charge is 0.396 e. The SMILES string of the molecule is CCCCC(CC)CNCCCC(C)CO. The number of aliphatic hydroxyl groups excluding tert-OH is 1. The Bertz CT molecular complexity index is 139. The molecule has 0 saturated heterocycles. The van der Waals surface area contributed by atoms with E-state index in [1.807, 2.05) is 0 Å². The fourth-order valence-corrected chi connectivity index (χ4v) is 1.92. The molecule has 0 aromatic rings. The number of nitrogens with one attached hydrogen (secondary N) is 1. The molecule has 0 amide bonds. The Morgan fingerprint density at radius 1 is 1.12 bits per heavy atom. The molecule has 0 saturated carbocycles. The molecule has 0 radical (unpaired) electrons. The summed E-state index contributed by atoms with van der Waals surface area (Å²) in [7, 11) is 0. The number of rotatable bonds is 11. The zero-order valence-electron chi connectivity index (χ0n) is 11.5. The van der Waals surface area contributed by atoms with Crippen LogP contribution in [0.15, 0.2) is 0 Å². The summed E-state index contributed by atoms with van der Waals surface area (Å²) in [6, 6.07) is 0. The van der Waals surface area contributed by atoms with Gasteiger partial charge in [-0.2, -0.15) is 0 Å². The lowest BCUT2D eigenvalue weighted by Gasteiger charge is -2.15. The zero-order valence-corrected chi connectivity index (χ0v) is 11.5. The van der Waals surface area contributed by atoms with Crippen LogP contribution in [0.5, 0.6) is 0 Å². The second-order valence-electron chi connectivity index (χ2n) is 5.05. The van der Waals surface area contributed by atoms with Gasteiger partial charge in [-0.25, -0.2) is 0 Å². The summed E-state index contributed by atoms with van der Waals surface area (Å²) in [5, 5.41) is 12.4. The van der Waals surface area contributed by atoms with Crippen LogP contribution in [0.1, 0.15) is 59.3 Å². The average molecular weight is 229 g/mol. The van der Waals surface area contributed by atoms with Crippen LogP contribution in [-0.4, -0.2) is 24.8 Å². The van der Waals surface area contributed by atoms with E-state index >= 15 is 0 Å². The second-order valence-corrected chi connectivity index (χ2v) is 5.05. The Balaban J connectivity index is 3.33. The van der Waals surface area contributed by atoms with Crippen LogP contribution < -0.4 is 5.32 Å². The van der Waals surface area contributed by atoms with Crippen LogP contribution in [0, 0.1) is 11.8 Å². The average Bonchev–Trinajstić information content (AvgIpc) is 2.32. The molecule has 98 valence electrons. The van der Waals surface area contributed by atoms with Crippen molar-refractivity contribution in [2.45, 2.75) is 59.3 Å². The first-order chi connectivity index (χ1) is 7.74. The number of aliphatic hydroxyl groups is 1. The van der Waals surface area contributed by atoms with E-state index in [-0.39, 0.29) is 0 Å². The van der Waals surface area contributed by atoms with Gasteiger partial charge in [0.2, 0.25) is 0 Å². The Kier molecular flexibility index (Phi) is 11.3. The lowest BCUT2D eigenvalue weighted by atomic mass is 9.99. The van der Waals surface area contributed by atoms with Crippen molar-refractivity contribution in [3.8, 4) is 0 Å². The molecule has 2 N–H and O–H groups in total.